The lowest BCUT2D eigenvalue weighted by atomic mass is 10.0. The third-order valence-electron chi connectivity index (χ3n) is 5.26. The molecule has 0 aliphatic carbocycles. The minimum atomic E-state index is -2.44. The normalized spacial score (nSPS) is 12.5. The van der Waals surface area contributed by atoms with Crippen LogP contribution >= 0.6 is 7.14 Å². The molecule has 0 saturated carbocycles. The van der Waals surface area contributed by atoms with Gasteiger partial charge in [-0.3, -0.25) is 0 Å². The molecule has 0 bridgehead atoms. The van der Waals surface area contributed by atoms with E-state index in [1.54, 1.807) is 51.0 Å². The summed E-state index contributed by atoms with van der Waals surface area (Å²) in [6.07, 6.45) is 4.18. The molecule has 0 aliphatic rings. The van der Waals surface area contributed by atoms with Crippen LogP contribution in [0.25, 0.3) is 16.8 Å². The number of hydrogen-bond donors (Lipinski definition) is 1. The summed E-state index contributed by atoms with van der Waals surface area (Å²) in [4.78, 5) is 5.70. The van der Waals surface area contributed by atoms with Gasteiger partial charge in [-0.2, -0.15) is 15.0 Å². The second-order valence-electron chi connectivity index (χ2n) is 8.30. The third kappa shape index (κ3) is 4.96. The summed E-state index contributed by atoms with van der Waals surface area (Å²) in [5.41, 5.74) is 9.90. The van der Waals surface area contributed by atoms with Crippen LogP contribution in [0.3, 0.4) is 0 Å². The summed E-state index contributed by atoms with van der Waals surface area (Å²) >= 11 is 0. The highest BCUT2D eigenvalue weighted by atomic mass is 31.2. The summed E-state index contributed by atoms with van der Waals surface area (Å²) in [5.74, 6) is 0.181. The third-order valence-corrected chi connectivity index (χ3v) is 6.77. The monoisotopic (exact) mass is 465 g/mol. The summed E-state index contributed by atoms with van der Waals surface area (Å²) in [6, 6.07) is 12.0. The predicted molar refractivity (Wildman–Crippen MR) is 128 cm³/mol. The number of nitrogen functional groups attached to an aromatic ring is 1. The minimum Gasteiger partial charge on any atom is -0.482 e. The minimum absolute atomic E-state index is 0.213. The van der Waals surface area contributed by atoms with Crippen LogP contribution in [0.2, 0.25) is 0 Å². The summed E-state index contributed by atoms with van der Waals surface area (Å²) in [7, 11) is -2.44. The number of benzene rings is 2. The van der Waals surface area contributed by atoms with Crippen LogP contribution in [-0.2, 0) is 4.57 Å². The highest BCUT2D eigenvalue weighted by Crippen LogP contribution is 2.37. The van der Waals surface area contributed by atoms with E-state index in [9.17, 15) is 8.96 Å². The molecule has 2 heterocycles. The van der Waals surface area contributed by atoms with Crippen LogP contribution in [0.5, 0.6) is 5.75 Å². The molecular weight excluding hydrogens is 440 g/mol. The van der Waals surface area contributed by atoms with Gasteiger partial charge in [0.25, 0.3) is 0 Å². The molecule has 4 aromatic rings. The molecule has 0 unspecified atom stereocenters. The van der Waals surface area contributed by atoms with Gasteiger partial charge in [-0.1, -0.05) is 6.07 Å². The van der Waals surface area contributed by atoms with Crippen LogP contribution in [0.4, 0.5) is 10.2 Å². The average Bonchev–Trinajstić information content (AvgIpc) is 3.29. The maximum Gasteiger partial charge on any atom is 0.166 e. The Balaban J connectivity index is 1.70. The molecule has 2 N–H and O–H groups in total. The summed E-state index contributed by atoms with van der Waals surface area (Å²) in [5, 5.41) is 9.08. The van der Waals surface area contributed by atoms with Gasteiger partial charge in [0.05, 0.1) is 18.1 Å². The molecule has 170 valence electrons. The number of anilines is 1. The largest absolute Gasteiger partial charge is 0.482 e. The zero-order valence-corrected chi connectivity index (χ0v) is 19.8. The fourth-order valence-electron chi connectivity index (χ4n) is 3.58. The molecule has 9 heteroatoms. The van der Waals surface area contributed by atoms with Crippen molar-refractivity contribution in [1.29, 1.82) is 0 Å². The molecule has 4 rings (SSSR count). The first kappa shape index (κ1) is 22.7. The molecule has 0 aliphatic heterocycles. The van der Waals surface area contributed by atoms with Crippen molar-refractivity contribution in [2.24, 2.45) is 0 Å². The Morgan fingerprint density at radius 1 is 1.06 bits per heavy atom. The SMILES string of the molecule is Cc1cc(-c2cnc(N)c(O[C@H](C)c3cc(F)ccc3-n3nccn3)c2)cc(P(C)(C)=O)c1. The Hall–Kier alpha value is -3.51. The van der Waals surface area contributed by atoms with E-state index >= 15 is 0 Å². The number of ether oxygens (including phenoxy) is 1. The van der Waals surface area contributed by atoms with Crippen molar-refractivity contribution >= 4 is 18.3 Å². The number of halogens is 1. The lowest BCUT2D eigenvalue weighted by molar-refractivity contribution is 0.226. The van der Waals surface area contributed by atoms with E-state index in [1.807, 2.05) is 25.1 Å². The van der Waals surface area contributed by atoms with E-state index in [0.29, 0.717) is 17.0 Å². The van der Waals surface area contributed by atoms with Gasteiger partial charge in [-0.25, -0.2) is 9.37 Å². The van der Waals surface area contributed by atoms with E-state index in [-0.39, 0.29) is 5.82 Å². The molecule has 1 atom stereocenters. The smallest absolute Gasteiger partial charge is 0.166 e. The second-order valence-corrected chi connectivity index (χ2v) is 11.5. The van der Waals surface area contributed by atoms with Crippen molar-refractivity contribution in [2.75, 3.05) is 19.1 Å². The topological polar surface area (TPSA) is 95.9 Å². The molecule has 33 heavy (non-hydrogen) atoms. The van der Waals surface area contributed by atoms with Crippen molar-refractivity contribution in [2.45, 2.75) is 20.0 Å². The van der Waals surface area contributed by atoms with Crippen LogP contribution in [0, 0.1) is 12.7 Å². The standard InChI is InChI=1S/C24H25FN5O2P/c1-15-9-17(11-20(10-15)33(3,4)31)18-12-23(24(26)27-14-18)32-16(2)21-13-19(25)5-6-22(21)30-28-7-8-29-30/h5-14,16H,1-4H3,(H2,26,27)/t16-/m1/s1. The Kier molecular flexibility index (Phi) is 6.04. The van der Waals surface area contributed by atoms with Crippen molar-refractivity contribution in [1.82, 2.24) is 20.0 Å². The van der Waals surface area contributed by atoms with Crippen molar-refractivity contribution < 1.29 is 13.7 Å². The predicted octanol–water partition coefficient (Wildman–Crippen LogP) is 4.75. The fourth-order valence-corrected chi connectivity index (χ4v) is 4.54. The number of hydrogen-bond acceptors (Lipinski definition) is 6. The first-order chi connectivity index (χ1) is 15.6. The maximum absolute atomic E-state index is 14.1. The van der Waals surface area contributed by atoms with Crippen LogP contribution in [0.1, 0.15) is 24.2 Å². The zero-order chi connectivity index (χ0) is 23.8. The second kappa shape index (κ2) is 8.79. The van der Waals surface area contributed by atoms with E-state index in [1.165, 1.54) is 16.9 Å². The van der Waals surface area contributed by atoms with Crippen LogP contribution in [0.15, 0.2) is 61.1 Å². The molecule has 2 aromatic heterocycles. The molecule has 7 nitrogen and oxygen atoms in total. The van der Waals surface area contributed by atoms with Crippen molar-refractivity contribution in [3.63, 3.8) is 0 Å². The lowest BCUT2D eigenvalue weighted by Gasteiger charge is -2.19. The molecule has 0 saturated heterocycles. The molecule has 0 fully saturated rings. The number of nitrogens with zero attached hydrogens (tertiary/aromatic N) is 4. The molecule has 0 radical (unpaired) electrons. The number of nitrogens with two attached hydrogens (primary N) is 1. The number of aryl methyl sites for hydroxylation is 1. The first-order valence-electron chi connectivity index (χ1n) is 10.4. The van der Waals surface area contributed by atoms with Crippen LogP contribution in [-0.4, -0.2) is 33.3 Å². The van der Waals surface area contributed by atoms with Gasteiger partial charge in [-0.05, 0) is 74.7 Å². The average molecular weight is 465 g/mol. The Morgan fingerprint density at radius 2 is 1.79 bits per heavy atom. The van der Waals surface area contributed by atoms with Gasteiger partial charge in [0.1, 0.15) is 19.1 Å². The first-order valence-corrected chi connectivity index (χ1v) is 13.0. The fraction of sp³-hybridized carbons (Fsp3) is 0.208. The van der Waals surface area contributed by atoms with Gasteiger partial charge in [0.15, 0.2) is 11.6 Å². The van der Waals surface area contributed by atoms with Gasteiger partial charge in [-0.15, -0.1) is 0 Å². The summed E-state index contributed by atoms with van der Waals surface area (Å²) < 4.78 is 32.8. The van der Waals surface area contributed by atoms with Gasteiger partial charge < -0.3 is 15.0 Å². The molecule has 0 amide bonds. The van der Waals surface area contributed by atoms with Crippen molar-refractivity contribution in [3.05, 3.63) is 78.0 Å². The quantitative estimate of drug-likeness (QED) is 0.413. The maximum atomic E-state index is 14.1. The van der Waals surface area contributed by atoms with Crippen molar-refractivity contribution in [3.8, 4) is 22.6 Å². The molecule has 2 aromatic carbocycles. The molecular formula is C24H25FN5O2P. The number of rotatable bonds is 6. The highest BCUT2D eigenvalue weighted by Gasteiger charge is 2.19. The summed E-state index contributed by atoms with van der Waals surface area (Å²) in [6.45, 7) is 7.24. The lowest BCUT2D eigenvalue weighted by Crippen LogP contribution is -2.11. The Labute approximate surface area is 191 Å². The van der Waals surface area contributed by atoms with E-state index in [0.717, 1.165) is 22.0 Å². The van der Waals surface area contributed by atoms with E-state index in [2.05, 4.69) is 15.2 Å². The van der Waals surface area contributed by atoms with Crippen LogP contribution < -0.4 is 15.8 Å². The number of aromatic nitrogens is 4. The van der Waals surface area contributed by atoms with E-state index in [4.69, 9.17) is 10.5 Å². The van der Waals surface area contributed by atoms with Gasteiger partial charge in [0.2, 0.25) is 0 Å². The Morgan fingerprint density at radius 3 is 2.48 bits per heavy atom. The Bertz CT molecular complexity index is 1350. The highest BCUT2D eigenvalue weighted by molar-refractivity contribution is 7.70. The van der Waals surface area contributed by atoms with E-state index < -0.39 is 19.1 Å². The zero-order valence-electron chi connectivity index (χ0n) is 18.9. The van der Waals surface area contributed by atoms with Gasteiger partial charge >= 0.3 is 0 Å². The number of pyridine rings is 1. The van der Waals surface area contributed by atoms with Gasteiger partial charge in [0, 0.05) is 22.6 Å². The molecule has 0 spiro atoms.